The Morgan fingerprint density at radius 1 is 1.19 bits per heavy atom. The standard InChI is InChI=1S/C16H30N2O3/c1-12(2)8-18(9-13(3)4)15(19)11-17-7-6-14(10-17)16(20)21-5/h12-14H,6-11H2,1-5H3. The Hall–Kier alpha value is -1.10. The molecule has 0 aromatic rings. The van der Waals surface area contributed by atoms with Crippen LogP contribution in [0.4, 0.5) is 0 Å². The van der Waals surface area contributed by atoms with Crippen LogP contribution in [0.2, 0.25) is 0 Å². The number of hydrogen-bond acceptors (Lipinski definition) is 4. The fraction of sp³-hybridized carbons (Fsp3) is 0.875. The molecule has 1 aliphatic heterocycles. The van der Waals surface area contributed by atoms with Gasteiger partial charge in [-0.05, 0) is 24.8 Å². The number of nitrogens with zero attached hydrogens (tertiary/aromatic N) is 2. The van der Waals surface area contributed by atoms with Gasteiger partial charge in [-0.2, -0.15) is 0 Å². The maximum absolute atomic E-state index is 12.5. The van der Waals surface area contributed by atoms with Gasteiger partial charge in [-0.1, -0.05) is 27.7 Å². The van der Waals surface area contributed by atoms with Crippen molar-refractivity contribution in [3.8, 4) is 0 Å². The molecule has 0 N–H and O–H groups in total. The average molecular weight is 298 g/mol. The van der Waals surface area contributed by atoms with Crippen molar-refractivity contribution in [2.24, 2.45) is 17.8 Å². The first-order chi connectivity index (χ1) is 9.83. The van der Waals surface area contributed by atoms with Crippen LogP contribution in [0.5, 0.6) is 0 Å². The lowest BCUT2D eigenvalue weighted by Crippen LogP contribution is -2.43. The summed E-state index contributed by atoms with van der Waals surface area (Å²) in [6, 6.07) is 0. The quantitative estimate of drug-likeness (QED) is 0.670. The summed E-state index contributed by atoms with van der Waals surface area (Å²) < 4.78 is 4.78. The Balaban J connectivity index is 2.51. The minimum absolute atomic E-state index is 0.0774. The van der Waals surface area contributed by atoms with E-state index in [9.17, 15) is 9.59 Å². The van der Waals surface area contributed by atoms with Gasteiger partial charge in [-0.25, -0.2) is 0 Å². The first-order valence-electron chi connectivity index (χ1n) is 7.91. The van der Waals surface area contributed by atoms with Crippen LogP contribution in [0.25, 0.3) is 0 Å². The molecule has 122 valence electrons. The molecule has 0 aromatic heterocycles. The van der Waals surface area contributed by atoms with E-state index in [2.05, 4.69) is 32.6 Å². The van der Waals surface area contributed by atoms with Crippen LogP contribution >= 0.6 is 0 Å². The van der Waals surface area contributed by atoms with E-state index in [1.807, 2.05) is 4.90 Å². The number of carbonyl (C=O) groups is 2. The first-order valence-corrected chi connectivity index (χ1v) is 7.91. The van der Waals surface area contributed by atoms with Crippen molar-refractivity contribution >= 4 is 11.9 Å². The molecule has 0 bridgehead atoms. The van der Waals surface area contributed by atoms with E-state index >= 15 is 0 Å². The Morgan fingerprint density at radius 3 is 2.24 bits per heavy atom. The molecule has 21 heavy (non-hydrogen) atoms. The lowest BCUT2D eigenvalue weighted by atomic mass is 10.1. The zero-order chi connectivity index (χ0) is 16.0. The average Bonchev–Trinajstić information content (AvgIpc) is 2.84. The summed E-state index contributed by atoms with van der Waals surface area (Å²) in [5, 5.41) is 0. The third kappa shape index (κ3) is 6.04. The number of esters is 1. The van der Waals surface area contributed by atoms with Crippen molar-refractivity contribution in [1.82, 2.24) is 9.80 Å². The molecule has 0 radical (unpaired) electrons. The molecular weight excluding hydrogens is 268 g/mol. The number of rotatable bonds is 7. The van der Waals surface area contributed by atoms with Crippen molar-refractivity contribution in [2.45, 2.75) is 34.1 Å². The summed E-state index contributed by atoms with van der Waals surface area (Å²) in [5.41, 5.74) is 0. The maximum Gasteiger partial charge on any atom is 0.310 e. The monoisotopic (exact) mass is 298 g/mol. The third-order valence-electron chi connectivity index (χ3n) is 3.69. The molecule has 1 atom stereocenters. The Kier molecular flexibility index (Phi) is 7.15. The van der Waals surface area contributed by atoms with Crippen molar-refractivity contribution in [3.05, 3.63) is 0 Å². The second-order valence-corrected chi connectivity index (χ2v) is 6.83. The van der Waals surface area contributed by atoms with Gasteiger partial charge >= 0.3 is 5.97 Å². The third-order valence-corrected chi connectivity index (χ3v) is 3.69. The van der Waals surface area contributed by atoms with Gasteiger partial charge in [0.25, 0.3) is 0 Å². The van der Waals surface area contributed by atoms with Gasteiger partial charge in [0.05, 0.1) is 19.6 Å². The van der Waals surface area contributed by atoms with Gasteiger partial charge in [0, 0.05) is 19.6 Å². The molecule has 1 rings (SSSR count). The van der Waals surface area contributed by atoms with Gasteiger partial charge in [-0.3, -0.25) is 14.5 Å². The molecule has 0 aliphatic carbocycles. The van der Waals surface area contributed by atoms with Crippen molar-refractivity contribution in [2.75, 3.05) is 39.8 Å². The number of ether oxygens (including phenoxy) is 1. The normalized spacial score (nSPS) is 19.3. The van der Waals surface area contributed by atoms with Crippen molar-refractivity contribution in [1.29, 1.82) is 0 Å². The molecule has 5 nitrogen and oxygen atoms in total. The van der Waals surface area contributed by atoms with E-state index in [1.165, 1.54) is 7.11 Å². The lowest BCUT2D eigenvalue weighted by molar-refractivity contribution is -0.145. The lowest BCUT2D eigenvalue weighted by Gasteiger charge is -2.28. The number of methoxy groups -OCH3 is 1. The zero-order valence-corrected chi connectivity index (χ0v) is 14.1. The molecule has 0 spiro atoms. The van der Waals surface area contributed by atoms with E-state index in [1.54, 1.807) is 0 Å². The summed E-state index contributed by atoms with van der Waals surface area (Å²) in [7, 11) is 1.42. The van der Waals surface area contributed by atoms with E-state index in [-0.39, 0.29) is 17.8 Å². The molecule has 1 aliphatic rings. The molecule has 0 aromatic carbocycles. The van der Waals surface area contributed by atoms with Crippen LogP contribution in [0.1, 0.15) is 34.1 Å². The molecular formula is C16H30N2O3. The largest absolute Gasteiger partial charge is 0.469 e. The SMILES string of the molecule is COC(=O)C1CCN(CC(=O)N(CC(C)C)CC(C)C)C1. The molecule has 1 amide bonds. The summed E-state index contributed by atoms with van der Waals surface area (Å²) in [5.74, 6) is 0.865. The Labute approximate surface area is 128 Å². The van der Waals surface area contributed by atoms with Gasteiger partial charge < -0.3 is 9.64 Å². The Morgan fingerprint density at radius 2 is 1.76 bits per heavy atom. The fourth-order valence-corrected chi connectivity index (χ4v) is 2.79. The summed E-state index contributed by atoms with van der Waals surface area (Å²) in [6.07, 6.45) is 0.786. The van der Waals surface area contributed by atoms with Crippen LogP contribution in [0.15, 0.2) is 0 Å². The molecule has 1 saturated heterocycles. The maximum atomic E-state index is 12.5. The van der Waals surface area contributed by atoms with Crippen LogP contribution in [0.3, 0.4) is 0 Å². The fourth-order valence-electron chi connectivity index (χ4n) is 2.79. The second kappa shape index (κ2) is 8.37. The summed E-state index contributed by atoms with van der Waals surface area (Å²) >= 11 is 0. The van der Waals surface area contributed by atoms with Crippen molar-refractivity contribution in [3.63, 3.8) is 0 Å². The number of carbonyl (C=O) groups excluding carboxylic acids is 2. The van der Waals surface area contributed by atoms with E-state index in [0.29, 0.717) is 24.9 Å². The van der Waals surface area contributed by atoms with Crippen molar-refractivity contribution < 1.29 is 14.3 Å². The predicted octanol–water partition coefficient (Wildman–Crippen LogP) is 1.62. The van der Waals surface area contributed by atoms with E-state index < -0.39 is 0 Å². The second-order valence-electron chi connectivity index (χ2n) is 6.83. The van der Waals surface area contributed by atoms with Crippen LogP contribution < -0.4 is 0 Å². The number of amides is 1. The highest BCUT2D eigenvalue weighted by Crippen LogP contribution is 2.17. The van der Waals surface area contributed by atoms with Gasteiger partial charge in [0.2, 0.25) is 5.91 Å². The first kappa shape index (κ1) is 18.0. The van der Waals surface area contributed by atoms with Gasteiger partial charge in [0.1, 0.15) is 0 Å². The Bertz CT molecular complexity index is 345. The number of hydrogen-bond donors (Lipinski definition) is 0. The number of likely N-dealkylation sites (tertiary alicyclic amines) is 1. The topological polar surface area (TPSA) is 49.9 Å². The highest BCUT2D eigenvalue weighted by Gasteiger charge is 2.30. The van der Waals surface area contributed by atoms with Crippen LogP contribution in [-0.2, 0) is 14.3 Å². The minimum atomic E-state index is -0.161. The van der Waals surface area contributed by atoms with Crippen LogP contribution in [0, 0.1) is 17.8 Å². The minimum Gasteiger partial charge on any atom is -0.469 e. The zero-order valence-electron chi connectivity index (χ0n) is 14.1. The molecule has 1 fully saturated rings. The van der Waals surface area contributed by atoms with Gasteiger partial charge in [0.15, 0.2) is 0 Å². The summed E-state index contributed by atoms with van der Waals surface area (Å²) in [4.78, 5) is 28.0. The highest BCUT2D eigenvalue weighted by atomic mass is 16.5. The molecule has 1 unspecified atom stereocenters. The molecule has 0 saturated carbocycles. The van der Waals surface area contributed by atoms with Crippen LogP contribution in [-0.4, -0.2) is 61.5 Å². The smallest absolute Gasteiger partial charge is 0.310 e. The van der Waals surface area contributed by atoms with E-state index in [4.69, 9.17) is 4.74 Å². The highest BCUT2D eigenvalue weighted by molar-refractivity contribution is 5.78. The van der Waals surface area contributed by atoms with Gasteiger partial charge in [-0.15, -0.1) is 0 Å². The molecule has 5 heteroatoms. The predicted molar refractivity (Wildman–Crippen MR) is 82.8 cm³/mol. The summed E-state index contributed by atoms with van der Waals surface area (Å²) in [6.45, 7) is 11.9. The van der Waals surface area contributed by atoms with E-state index in [0.717, 1.165) is 26.1 Å². The molecule has 1 heterocycles.